The second-order valence-electron chi connectivity index (χ2n) is 1.61. The van der Waals surface area contributed by atoms with Gasteiger partial charge in [0.05, 0.1) is 0 Å². The number of carbonyl (C=O) groups excluding carboxylic acids is 1. The second kappa shape index (κ2) is 4.82. The number of unbranched alkanes of at least 4 members (excludes halogenated alkanes) is 1. The van der Waals surface area contributed by atoms with E-state index in [0.717, 1.165) is 6.42 Å². The monoisotopic (exact) mass is 119 g/mol. The standard InChI is InChI=1S/C7H14O/c1-3-4-5-6-7(2)8/h3-6H2,1-2H3/i2D3,6D2. The molecule has 0 heterocycles. The summed E-state index contributed by atoms with van der Waals surface area (Å²) in [4.78, 5) is 11.1. The van der Waals surface area contributed by atoms with Crippen LogP contribution in [-0.2, 0) is 4.79 Å². The van der Waals surface area contributed by atoms with Gasteiger partial charge in [0.25, 0.3) is 0 Å². The number of Topliss-reactive ketones (excluding diaryl/α,β-unsaturated/α-hetero) is 1. The van der Waals surface area contributed by atoms with Crippen molar-refractivity contribution >= 4 is 5.78 Å². The van der Waals surface area contributed by atoms with Crippen LogP contribution >= 0.6 is 0 Å². The predicted octanol–water partition coefficient (Wildman–Crippen LogP) is 2.16. The number of rotatable bonds is 4. The van der Waals surface area contributed by atoms with Crippen LogP contribution in [0.25, 0.3) is 0 Å². The third kappa shape index (κ3) is 5.67. The summed E-state index contributed by atoms with van der Waals surface area (Å²) in [7, 11) is 0. The van der Waals surface area contributed by atoms with Gasteiger partial charge in [0, 0.05) is 13.2 Å². The van der Waals surface area contributed by atoms with E-state index in [1.54, 1.807) is 0 Å². The molecule has 0 atom stereocenters. The second-order valence-corrected chi connectivity index (χ2v) is 1.61. The molecule has 0 fully saturated rings. The van der Waals surface area contributed by atoms with Gasteiger partial charge in [-0.3, -0.25) is 0 Å². The molecule has 1 nitrogen and oxygen atoms in total. The van der Waals surface area contributed by atoms with Crippen molar-refractivity contribution in [3.63, 3.8) is 0 Å². The van der Waals surface area contributed by atoms with E-state index in [1.165, 1.54) is 0 Å². The fourth-order valence-corrected chi connectivity index (χ4v) is 0.379. The molecular weight excluding hydrogens is 100 g/mol. The Hall–Kier alpha value is -0.330. The van der Waals surface area contributed by atoms with E-state index in [0.29, 0.717) is 6.42 Å². The van der Waals surface area contributed by atoms with Crippen molar-refractivity contribution in [2.75, 3.05) is 0 Å². The summed E-state index contributed by atoms with van der Waals surface area (Å²) in [6.45, 7) is -0.965. The molecule has 0 aromatic carbocycles. The van der Waals surface area contributed by atoms with Crippen LogP contribution in [-0.4, -0.2) is 5.78 Å². The van der Waals surface area contributed by atoms with E-state index in [1.807, 2.05) is 6.92 Å². The van der Waals surface area contributed by atoms with Crippen molar-refractivity contribution in [3.05, 3.63) is 0 Å². The highest BCUT2D eigenvalue weighted by molar-refractivity contribution is 5.75. The third-order valence-corrected chi connectivity index (χ3v) is 0.816. The molecule has 0 saturated heterocycles. The van der Waals surface area contributed by atoms with E-state index >= 15 is 0 Å². The molecule has 48 valence electrons. The molecule has 0 saturated carbocycles. The van der Waals surface area contributed by atoms with Crippen LogP contribution in [0.2, 0.25) is 0 Å². The lowest BCUT2D eigenvalue weighted by Gasteiger charge is -1.90. The van der Waals surface area contributed by atoms with Gasteiger partial charge in [-0.2, -0.15) is 0 Å². The van der Waals surface area contributed by atoms with Crippen LogP contribution in [0.15, 0.2) is 0 Å². The van der Waals surface area contributed by atoms with E-state index in [2.05, 4.69) is 0 Å². The first kappa shape index (κ1) is 2.51. The largest absolute Gasteiger partial charge is 0.300 e. The molecule has 0 rings (SSSR count). The summed E-state index contributed by atoms with van der Waals surface area (Å²) in [5.41, 5.74) is 0. The van der Waals surface area contributed by atoms with Gasteiger partial charge in [-0.1, -0.05) is 19.8 Å². The molecule has 8 heavy (non-hydrogen) atoms. The van der Waals surface area contributed by atoms with Crippen LogP contribution in [0.3, 0.4) is 0 Å². The first-order chi connectivity index (χ1) is 5.72. The van der Waals surface area contributed by atoms with E-state index < -0.39 is 19.0 Å². The minimum atomic E-state index is -2.82. The van der Waals surface area contributed by atoms with Gasteiger partial charge in [0.1, 0.15) is 5.78 Å². The Morgan fingerprint density at radius 1 is 1.75 bits per heavy atom. The molecule has 0 radical (unpaired) electrons. The molecule has 0 spiro atoms. The summed E-state index contributed by atoms with van der Waals surface area (Å²) in [5.74, 6) is -1.28. The van der Waals surface area contributed by atoms with Crippen molar-refractivity contribution in [1.29, 1.82) is 0 Å². The normalized spacial score (nSPS) is 21.9. The Labute approximate surface area is 58.1 Å². The van der Waals surface area contributed by atoms with Gasteiger partial charge in [0.2, 0.25) is 0 Å². The van der Waals surface area contributed by atoms with Crippen LogP contribution in [0, 0.1) is 0 Å². The first-order valence-corrected chi connectivity index (χ1v) is 2.76. The lowest BCUT2D eigenvalue weighted by atomic mass is 10.2. The lowest BCUT2D eigenvalue weighted by Crippen LogP contribution is -1.87. The molecular formula is C7H14O. The van der Waals surface area contributed by atoms with Gasteiger partial charge in [-0.05, 0) is 13.3 Å². The minimum absolute atomic E-state index is 0.0132. The molecule has 0 aromatic rings. The number of carbonyl (C=O) groups is 1. The van der Waals surface area contributed by atoms with Gasteiger partial charge < -0.3 is 4.79 Å². The predicted molar refractivity (Wildman–Crippen MR) is 34.8 cm³/mol. The van der Waals surface area contributed by atoms with Crippen LogP contribution in [0.1, 0.15) is 46.3 Å². The van der Waals surface area contributed by atoms with Crippen molar-refractivity contribution in [1.82, 2.24) is 0 Å². The van der Waals surface area contributed by atoms with Crippen LogP contribution in [0.4, 0.5) is 0 Å². The Kier molecular flexibility index (Phi) is 1.51. The zero-order valence-corrected chi connectivity index (χ0v) is 5.03. The molecule has 0 aliphatic heterocycles. The summed E-state index contributed by atoms with van der Waals surface area (Å²) in [6, 6.07) is 0. The van der Waals surface area contributed by atoms with E-state index in [-0.39, 0.29) is 6.42 Å². The van der Waals surface area contributed by atoms with E-state index in [9.17, 15) is 4.79 Å². The molecule has 0 unspecified atom stereocenters. The van der Waals surface area contributed by atoms with Crippen LogP contribution < -0.4 is 0 Å². The zero-order chi connectivity index (χ0) is 10.7. The van der Waals surface area contributed by atoms with Crippen molar-refractivity contribution in [2.45, 2.75) is 39.4 Å². The van der Waals surface area contributed by atoms with E-state index in [4.69, 9.17) is 6.85 Å². The quantitative estimate of drug-likeness (QED) is 0.554. The van der Waals surface area contributed by atoms with Gasteiger partial charge >= 0.3 is 0 Å². The van der Waals surface area contributed by atoms with Crippen molar-refractivity contribution in [3.8, 4) is 0 Å². The molecule has 0 aromatic heterocycles. The number of ketones is 1. The summed E-state index contributed by atoms with van der Waals surface area (Å²) < 4.78 is 34.8. The maximum absolute atomic E-state index is 11.1. The molecule has 0 aliphatic carbocycles. The maximum atomic E-state index is 11.1. The SMILES string of the molecule is [2H]C([2H])([2H])C(=O)C([2H])([2H])CCCC. The Bertz CT molecular complexity index is 184. The minimum Gasteiger partial charge on any atom is -0.300 e. The summed E-state index contributed by atoms with van der Waals surface area (Å²) in [5, 5.41) is 0. The Balaban J connectivity index is 4.36. The van der Waals surface area contributed by atoms with Crippen LogP contribution in [0.5, 0.6) is 0 Å². The summed E-state index contributed by atoms with van der Waals surface area (Å²) >= 11 is 0. The van der Waals surface area contributed by atoms with Gasteiger partial charge in [-0.25, -0.2) is 0 Å². The molecule has 0 amide bonds. The van der Waals surface area contributed by atoms with Crippen molar-refractivity contribution in [2.24, 2.45) is 0 Å². The Morgan fingerprint density at radius 3 is 3.00 bits per heavy atom. The molecule has 0 aliphatic rings. The van der Waals surface area contributed by atoms with Gasteiger partial charge in [-0.15, -0.1) is 0 Å². The summed E-state index contributed by atoms with van der Waals surface area (Å²) in [6.07, 6.45) is -0.954. The third-order valence-electron chi connectivity index (χ3n) is 0.816. The lowest BCUT2D eigenvalue weighted by molar-refractivity contribution is -0.117. The smallest absolute Gasteiger partial charge is 0.129 e. The maximum Gasteiger partial charge on any atom is 0.129 e. The first-order valence-electron chi connectivity index (χ1n) is 5.26. The van der Waals surface area contributed by atoms with Gasteiger partial charge in [0.15, 0.2) is 0 Å². The zero-order valence-electron chi connectivity index (χ0n) is 10.0. The average molecular weight is 119 g/mol. The molecule has 0 N–H and O–H groups in total. The topological polar surface area (TPSA) is 17.1 Å². The molecule has 1 heteroatoms. The fourth-order valence-electron chi connectivity index (χ4n) is 0.379. The van der Waals surface area contributed by atoms with Crippen molar-refractivity contribution < 1.29 is 11.6 Å². The number of hydrogen-bond acceptors (Lipinski definition) is 1. The molecule has 0 bridgehead atoms. The highest BCUT2D eigenvalue weighted by Crippen LogP contribution is 1.98. The Morgan fingerprint density at radius 2 is 2.50 bits per heavy atom. The average Bonchev–Trinajstić information content (AvgIpc) is 1.98. The number of hydrogen-bond donors (Lipinski definition) is 0. The highest BCUT2D eigenvalue weighted by Gasteiger charge is 1.89. The highest BCUT2D eigenvalue weighted by atomic mass is 16.1. The fraction of sp³-hybridized carbons (Fsp3) is 0.857.